The molecule has 1 unspecified atom stereocenters. The topological polar surface area (TPSA) is 57.6 Å². The number of ketones is 1. The van der Waals surface area contributed by atoms with Gasteiger partial charge in [0, 0.05) is 10.6 Å². The van der Waals surface area contributed by atoms with Gasteiger partial charge in [0.25, 0.3) is 5.91 Å². The molecule has 0 saturated carbocycles. The number of halogens is 1. The molecule has 0 aromatic heterocycles. The average Bonchev–Trinajstić information content (AvgIpc) is 3.01. The highest BCUT2D eigenvalue weighted by Crippen LogP contribution is 2.43. The first-order valence-electron chi connectivity index (χ1n) is 10.3. The number of amides is 1. The third-order valence-corrected chi connectivity index (χ3v) is 5.66. The van der Waals surface area contributed by atoms with Crippen molar-refractivity contribution < 1.29 is 14.7 Å². The maximum Gasteiger partial charge on any atom is 0.264 e. The Balaban J connectivity index is 1.52. The highest BCUT2D eigenvalue weighted by atomic mass is 35.5. The van der Waals surface area contributed by atoms with Crippen molar-refractivity contribution in [2.45, 2.75) is 18.6 Å². The molecule has 1 amide bonds. The van der Waals surface area contributed by atoms with Gasteiger partial charge in [0.1, 0.15) is 0 Å². The molecule has 1 N–H and O–H groups in total. The molecule has 1 heterocycles. The Morgan fingerprint density at radius 1 is 0.938 bits per heavy atom. The molecular formula is C27H22ClNO3. The molecule has 0 radical (unpaired) electrons. The van der Waals surface area contributed by atoms with Crippen LogP contribution in [0.4, 0.5) is 5.69 Å². The normalized spacial score (nSPS) is 17.9. The first-order valence-corrected chi connectivity index (χ1v) is 10.7. The van der Waals surface area contributed by atoms with E-state index in [9.17, 15) is 14.7 Å². The molecule has 3 aromatic carbocycles. The van der Waals surface area contributed by atoms with Crippen LogP contribution in [-0.2, 0) is 21.7 Å². The second-order valence-electron chi connectivity index (χ2n) is 7.67. The summed E-state index contributed by atoms with van der Waals surface area (Å²) in [4.78, 5) is 27.4. The molecule has 4 nitrogen and oxygen atoms in total. The van der Waals surface area contributed by atoms with Crippen LogP contribution in [0.5, 0.6) is 0 Å². The number of hydrogen-bond acceptors (Lipinski definition) is 3. The van der Waals surface area contributed by atoms with Gasteiger partial charge in [-0.05, 0) is 35.4 Å². The zero-order valence-corrected chi connectivity index (χ0v) is 18.1. The molecule has 3 aromatic rings. The predicted molar refractivity (Wildman–Crippen MR) is 127 cm³/mol. The third kappa shape index (κ3) is 4.57. The van der Waals surface area contributed by atoms with Crippen LogP contribution >= 0.6 is 11.6 Å². The molecule has 1 aliphatic heterocycles. The standard InChI is InChI=1S/C27H22ClNO3/c28-22-16-14-21(15-17-22)19-29-25-13-7-6-12-24(25)27(32,26(29)31)18-23(30)11-5-4-10-20-8-2-1-3-9-20/h1-17,32H,18-19H2/b10-4+,11-5+. The van der Waals surface area contributed by atoms with Gasteiger partial charge in [0.05, 0.1) is 18.7 Å². The lowest BCUT2D eigenvalue weighted by Gasteiger charge is -2.22. The summed E-state index contributed by atoms with van der Waals surface area (Å²) in [6.45, 7) is 0.277. The van der Waals surface area contributed by atoms with E-state index < -0.39 is 11.5 Å². The van der Waals surface area contributed by atoms with E-state index in [1.807, 2.05) is 54.6 Å². The zero-order chi connectivity index (χ0) is 22.6. The smallest absolute Gasteiger partial charge is 0.264 e. The number of carbonyl (C=O) groups is 2. The highest BCUT2D eigenvalue weighted by Gasteiger charge is 2.50. The van der Waals surface area contributed by atoms with Crippen molar-refractivity contribution in [3.05, 3.63) is 119 Å². The average molecular weight is 444 g/mol. The van der Waals surface area contributed by atoms with Crippen LogP contribution in [0.3, 0.4) is 0 Å². The maximum absolute atomic E-state index is 13.3. The van der Waals surface area contributed by atoms with Gasteiger partial charge in [-0.3, -0.25) is 9.59 Å². The minimum absolute atomic E-state index is 0.277. The van der Waals surface area contributed by atoms with Crippen molar-refractivity contribution in [3.8, 4) is 0 Å². The van der Waals surface area contributed by atoms with Crippen molar-refractivity contribution in [3.63, 3.8) is 0 Å². The Hall–Kier alpha value is -3.47. The molecule has 1 atom stereocenters. The minimum atomic E-state index is -1.90. The monoisotopic (exact) mass is 443 g/mol. The molecule has 0 spiro atoms. The first kappa shape index (κ1) is 21.8. The number of aliphatic hydroxyl groups is 1. The molecule has 160 valence electrons. The van der Waals surface area contributed by atoms with Crippen molar-refractivity contribution >= 4 is 35.1 Å². The van der Waals surface area contributed by atoms with Gasteiger partial charge in [-0.15, -0.1) is 0 Å². The van der Waals surface area contributed by atoms with E-state index in [0.717, 1.165) is 11.1 Å². The largest absolute Gasteiger partial charge is 0.375 e. The fourth-order valence-corrected chi connectivity index (χ4v) is 3.94. The number of para-hydroxylation sites is 1. The molecule has 4 rings (SSSR count). The van der Waals surface area contributed by atoms with E-state index in [-0.39, 0.29) is 18.7 Å². The lowest BCUT2D eigenvalue weighted by molar-refractivity contribution is -0.140. The van der Waals surface area contributed by atoms with Crippen LogP contribution in [-0.4, -0.2) is 16.8 Å². The molecule has 5 heteroatoms. The summed E-state index contributed by atoms with van der Waals surface area (Å²) < 4.78 is 0. The summed E-state index contributed by atoms with van der Waals surface area (Å²) in [7, 11) is 0. The number of carbonyl (C=O) groups excluding carboxylic acids is 2. The van der Waals surface area contributed by atoms with Crippen LogP contribution in [0.25, 0.3) is 6.08 Å². The van der Waals surface area contributed by atoms with E-state index >= 15 is 0 Å². The van der Waals surface area contributed by atoms with Gasteiger partial charge in [-0.25, -0.2) is 0 Å². The van der Waals surface area contributed by atoms with Crippen LogP contribution in [0.2, 0.25) is 5.02 Å². The number of rotatable bonds is 7. The number of anilines is 1. The van der Waals surface area contributed by atoms with Crippen LogP contribution in [0.15, 0.2) is 97.1 Å². The van der Waals surface area contributed by atoms with Gasteiger partial charge in [0.15, 0.2) is 11.4 Å². The van der Waals surface area contributed by atoms with Crippen molar-refractivity contribution in [2.24, 2.45) is 0 Å². The fourth-order valence-electron chi connectivity index (χ4n) is 3.81. The summed E-state index contributed by atoms with van der Waals surface area (Å²) in [6.07, 6.45) is 6.32. The molecule has 0 saturated heterocycles. The number of benzene rings is 3. The Kier molecular flexibility index (Phi) is 6.35. The van der Waals surface area contributed by atoms with Crippen molar-refractivity contribution in [2.75, 3.05) is 4.90 Å². The lowest BCUT2D eigenvalue weighted by atomic mass is 9.90. The van der Waals surface area contributed by atoms with E-state index in [2.05, 4.69) is 0 Å². The summed E-state index contributed by atoms with van der Waals surface area (Å²) in [6, 6.07) is 23.9. The predicted octanol–water partition coefficient (Wildman–Crippen LogP) is 5.30. The second kappa shape index (κ2) is 9.35. The Bertz CT molecular complexity index is 1190. The van der Waals surface area contributed by atoms with Crippen molar-refractivity contribution in [1.82, 2.24) is 0 Å². The van der Waals surface area contributed by atoms with Gasteiger partial charge in [-0.1, -0.05) is 90.5 Å². The van der Waals surface area contributed by atoms with Gasteiger partial charge in [-0.2, -0.15) is 0 Å². The summed E-state index contributed by atoms with van der Waals surface area (Å²) in [5.41, 5.74) is 1.05. The second-order valence-corrected chi connectivity index (χ2v) is 8.10. The quantitative estimate of drug-likeness (QED) is 0.398. The van der Waals surface area contributed by atoms with Crippen LogP contribution in [0.1, 0.15) is 23.1 Å². The van der Waals surface area contributed by atoms with E-state index in [0.29, 0.717) is 16.3 Å². The van der Waals surface area contributed by atoms with E-state index in [1.54, 1.807) is 42.5 Å². The third-order valence-electron chi connectivity index (χ3n) is 5.40. The van der Waals surface area contributed by atoms with Gasteiger partial charge < -0.3 is 10.0 Å². The molecular weight excluding hydrogens is 422 g/mol. The summed E-state index contributed by atoms with van der Waals surface area (Å²) >= 11 is 5.96. The summed E-state index contributed by atoms with van der Waals surface area (Å²) in [5.74, 6) is -0.836. The SMILES string of the molecule is O=C(/C=C/C=C/c1ccccc1)CC1(O)C(=O)N(Cc2ccc(Cl)cc2)c2ccccc21. The van der Waals surface area contributed by atoms with E-state index in [1.165, 1.54) is 11.0 Å². The Morgan fingerprint density at radius 3 is 2.38 bits per heavy atom. The summed E-state index contributed by atoms with van der Waals surface area (Å²) in [5, 5.41) is 11.9. The van der Waals surface area contributed by atoms with Crippen LogP contribution in [0, 0.1) is 0 Å². The van der Waals surface area contributed by atoms with Gasteiger partial charge in [0.2, 0.25) is 0 Å². The van der Waals surface area contributed by atoms with E-state index in [4.69, 9.17) is 11.6 Å². The first-order chi connectivity index (χ1) is 15.5. The number of hydrogen-bond donors (Lipinski definition) is 1. The minimum Gasteiger partial charge on any atom is -0.375 e. The fraction of sp³-hybridized carbons (Fsp3) is 0.111. The highest BCUT2D eigenvalue weighted by molar-refractivity contribution is 6.30. The number of allylic oxidation sites excluding steroid dienone is 3. The zero-order valence-electron chi connectivity index (χ0n) is 17.3. The Morgan fingerprint density at radius 2 is 1.62 bits per heavy atom. The molecule has 1 aliphatic rings. The Labute approximate surface area is 192 Å². The number of fused-ring (bicyclic) bond motifs is 1. The molecule has 32 heavy (non-hydrogen) atoms. The lowest BCUT2D eigenvalue weighted by Crippen LogP contribution is -2.41. The van der Waals surface area contributed by atoms with Gasteiger partial charge >= 0.3 is 0 Å². The maximum atomic E-state index is 13.3. The van der Waals surface area contributed by atoms with Crippen LogP contribution < -0.4 is 4.90 Å². The van der Waals surface area contributed by atoms with Crippen molar-refractivity contribution in [1.29, 1.82) is 0 Å². The molecule has 0 bridgehead atoms. The number of nitrogens with zero attached hydrogens (tertiary/aromatic N) is 1. The molecule has 0 aliphatic carbocycles. The molecule has 0 fully saturated rings.